The Labute approximate surface area is 261 Å². The van der Waals surface area contributed by atoms with E-state index in [2.05, 4.69) is 15.3 Å². The maximum Gasteiger partial charge on any atom is 0.410 e. The fourth-order valence-electron chi connectivity index (χ4n) is 5.26. The van der Waals surface area contributed by atoms with Crippen LogP contribution in [0.4, 0.5) is 15.1 Å². The second-order valence-electron chi connectivity index (χ2n) is 12.4. The number of hydrogen-bond acceptors (Lipinski definition) is 7. The van der Waals surface area contributed by atoms with E-state index >= 15 is 0 Å². The maximum absolute atomic E-state index is 13.5. The van der Waals surface area contributed by atoms with Gasteiger partial charge in [-0.3, -0.25) is 9.59 Å². The molecule has 1 fully saturated rings. The number of rotatable bonds is 14. The van der Waals surface area contributed by atoms with Crippen LogP contribution in [0.2, 0.25) is 0 Å². The van der Waals surface area contributed by atoms with E-state index in [-0.39, 0.29) is 29.6 Å². The quantitative estimate of drug-likeness (QED) is 0.271. The third kappa shape index (κ3) is 11.4. The van der Waals surface area contributed by atoms with Crippen LogP contribution in [0.25, 0.3) is 0 Å². The van der Waals surface area contributed by atoms with Crippen molar-refractivity contribution in [2.45, 2.75) is 84.8 Å². The van der Waals surface area contributed by atoms with Crippen LogP contribution in [0.1, 0.15) is 88.7 Å². The first-order chi connectivity index (χ1) is 21.0. The highest BCUT2D eigenvalue weighted by atomic mass is 19.1. The molecule has 242 valence electrons. The molecule has 1 aromatic heterocycles. The molecule has 2 aromatic rings. The summed E-state index contributed by atoms with van der Waals surface area (Å²) in [6.07, 6.45) is 6.83. The first-order valence-corrected chi connectivity index (χ1v) is 15.8. The Bertz CT molecular complexity index is 1210. The highest BCUT2D eigenvalue weighted by Crippen LogP contribution is 2.22. The molecule has 10 nitrogen and oxygen atoms in total. The van der Waals surface area contributed by atoms with Gasteiger partial charge in [-0.2, -0.15) is 0 Å². The summed E-state index contributed by atoms with van der Waals surface area (Å²) in [6.45, 7) is 11.0. The molecule has 1 aromatic carbocycles. The number of anilines is 1. The van der Waals surface area contributed by atoms with Crippen LogP contribution in [0, 0.1) is 11.7 Å². The van der Waals surface area contributed by atoms with Gasteiger partial charge in [0.1, 0.15) is 11.4 Å². The summed E-state index contributed by atoms with van der Waals surface area (Å²) in [6, 6.07) is 7.47. The molecule has 0 saturated carbocycles. The molecular weight excluding hydrogens is 563 g/mol. The van der Waals surface area contributed by atoms with Gasteiger partial charge in [-0.1, -0.05) is 12.8 Å². The molecular formula is C33H49FN6O4. The topological polar surface area (TPSA) is 108 Å². The van der Waals surface area contributed by atoms with Crippen LogP contribution in [0.5, 0.6) is 0 Å². The first-order valence-electron chi connectivity index (χ1n) is 15.8. The minimum absolute atomic E-state index is 0.0888. The number of piperidine rings is 1. The van der Waals surface area contributed by atoms with Crippen molar-refractivity contribution in [1.29, 1.82) is 0 Å². The molecule has 0 unspecified atom stereocenters. The molecule has 0 spiro atoms. The second kappa shape index (κ2) is 16.9. The normalized spacial score (nSPS) is 13.8. The summed E-state index contributed by atoms with van der Waals surface area (Å²) in [5.41, 5.74) is 0.729. The molecule has 1 saturated heterocycles. The molecule has 3 amide bonds. The van der Waals surface area contributed by atoms with E-state index in [1.807, 2.05) is 38.7 Å². The number of hydrogen-bond donors (Lipinski definition) is 1. The Kier molecular flexibility index (Phi) is 13.4. The summed E-state index contributed by atoms with van der Waals surface area (Å²) >= 11 is 0. The fourth-order valence-corrected chi connectivity index (χ4v) is 5.26. The number of unbranched alkanes of at least 4 members (excludes halogenated alkanes) is 3. The van der Waals surface area contributed by atoms with Crippen molar-refractivity contribution in [3.05, 3.63) is 53.6 Å². The molecule has 1 aliphatic heterocycles. The smallest absolute Gasteiger partial charge is 0.410 e. The predicted octanol–water partition coefficient (Wildman–Crippen LogP) is 5.75. The van der Waals surface area contributed by atoms with Crippen molar-refractivity contribution < 1.29 is 23.5 Å². The largest absolute Gasteiger partial charge is 0.444 e. The summed E-state index contributed by atoms with van der Waals surface area (Å²) in [7, 11) is 1.76. The molecule has 3 rings (SSSR count). The van der Waals surface area contributed by atoms with Crippen molar-refractivity contribution in [3.8, 4) is 0 Å². The highest BCUT2D eigenvalue weighted by Gasteiger charge is 2.29. The van der Waals surface area contributed by atoms with Crippen LogP contribution in [0.15, 0.2) is 36.5 Å². The second-order valence-corrected chi connectivity index (χ2v) is 12.4. The number of halogens is 1. The third-order valence-corrected chi connectivity index (χ3v) is 7.72. The van der Waals surface area contributed by atoms with Crippen LogP contribution in [0.3, 0.4) is 0 Å². The van der Waals surface area contributed by atoms with Crippen molar-refractivity contribution in [2.24, 2.45) is 5.92 Å². The SMILES string of the molecule is CCN(CCCCCCC(=O)N(Cc1ccnc(NC)n1)CC1CCN(C(=O)OC(C)(C)C)CC1)C(=O)c1ccc(F)cc1. The Balaban J connectivity index is 1.49. The highest BCUT2D eigenvalue weighted by molar-refractivity contribution is 5.94. The Morgan fingerprint density at radius 3 is 2.34 bits per heavy atom. The minimum atomic E-state index is -0.530. The summed E-state index contributed by atoms with van der Waals surface area (Å²) in [5.74, 6) is 0.426. The Morgan fingerprint density at radius 1 is 1.02 bits per heavy atom. The van der Waals surface area contributed by atoms with E-state index in [9.17, 15) is 18.8 Å². The van der Waals surface area contributed by atoms with E-state index in [0.717, 1.165) is 44.2 Å². The lowest BCUT2D eigenvalue weighted by Gasteiger charge is -2.35. The summed E-state index contributed by atoms with van der Waals surface area (Å²) in [4.78, 5) is 52.8. The lowest BCUT2D eigenvalue weighted by molar-refractivity contribution is -0.133. The number of carbonyl (C=O) groups is 3. The van der Waals surface area contributed by atoms with E-state index in [4.69, 9.17) is 4.74 Å². The van der Waals surface area contributed by atoms with Gasteiger partial charge in [-0.05, 0) is 89.6 Å². The van der Waals surface area contributed by atoms with Crippen molar-refractivity contribution in [1.82, 2.24) is 24.7 Å². The lowest BCUT2D eigenvalue weighted by Crippen LogP contribution is -2.44. The number of ether oxygens (including phenoxy) is 1. The van der Waals surface area contributed by atoms with Gasteiger partial charge in [0.15, 0.2) is 0 Å². The predicted molar refractivity (Wildman–Crippen MR) is 169 cm³/mol. The lowest BCUT2D eigenvalue weighted by atomic mass is 9.96. The molecule has 1 N–H and O–H groups in total. The average molecular weight is 613 g/mol. The van der Waals surface area contributed by atoms with Gasteiger partial charge in [0.25, 0.3) is 5.91 Å². The first kappa shape index (κ1) is 34.7. The number of nitrogens with one attached hydrogen (secondary N) is 1. The third-order valence-electron chi connectivity index (χ3n) is 7.72. The number of likely N-dealkylation sites (tertiary alicyclic amines) is 1. The van der Waals surface area contributed by atoms with Gasteiger partial charge < -0.3 is 24.8 Å². The number of benzene rings is 1. The zero-order chi connectivity index (χ0) is 32.1. The van der Waals surface area contributed by atoms with E-state index in [0.29, 0.717) is 57.2 Å². The fraction of sp³-hybridized carbons (Fsp3) is 0.606. The van der Waals surface area contributed by atoms with E-state index in [1.54, 1.807) is 23.0 Å². The number of aromatic nitrogens is 2. The van der Waals surface area contributed by atoms with Gasteiger partial charge in [-0.15, -0.1) is 0 Å². The van der Waals surface area contributed by atoms with Gasteiger partial charge in [0.05, 0.1) is 12.2 Å². The zero-order valence-electron chi connectivity index (χ0n) is 27.0. The Hall–Kier alpha value is -3.76. The van der Waals surface area contributed by atoms with Crippen molar-refractivity contribution in [3.63, 3.8) is 0 Å². The van der Waals surface area contributed by atoms with Crippen molar-refractivity contribution in [2.75, 3.05) is 45.1 Å². The Morgan fingerprint density at radius 2 is 1.70 bits per heavy atom. The number of amides is 3. The van der Waals surface area contributed by atoms with Gasteiger partial charge in [0.2, 0.25) is 11.9 Å². The monoisotopic (exact) mass is 612 g/mol. The molecule has 0 radical (unpaired) electrons. The summed E-state index contributed by atoms with van der Waals surface area (Å²) in [5, 5.41) is 2.95. The van der Waals surface area contributed by atoms with Gasteiger partial charge in [-0.25, -0.2) is 19.2 Å². The van der Waals surface area contributed by atoms with Crippen LogP contribution in [-0.4, -0.2) is 87.9 Å². The molecule has 0 atom stereocenters. The molecule has 0 bridgehead atoms. The standard InChI is InChI=1S/C33H49FN6O4/c1-6-38(30(42)26-12-14-27(34)15-13-26)20-10-8-7-9-11-29(41)40(24-28-16-19-36-31(35-5)37-28)23-25-17-21-39(22-18-25)32(43)44-33(2,3)4/h12-16,19,25H,6-11,17-18,20-24H2,1-5H3,(H,35,36,37). The van der Waals surface area contributed by atoms with Crippen molar-refractivity contribution >= 4 is 23.9 Å². The zero-order valence-corrected chi connectivity index (χ0v) is 27.0. The molecule has 44 heavy (non-hydrogen) atoms. The van der Waals surface area contributed by atoms with E-state index in [1.165, 1.54) is 24.3 Å². The van der Waals surface area contributed by atoms with Crippen LogP contribution < -0.4 is 5.32 Å². The summed E-state index contributed by atoms with van der Waals surface area (Å²) < 4.78 is 18.8. The van der Waals surface area contributed by atoms with Gasteiger partial charge >= 0.3 is 6.09 Å². The molecule has 11 heteroatoms. The van der Waals surface area contributed by atoms with Crippen LogP contribution in [-0.2, 0) is 16.1 Å². The minimum Gasteiger partial charge on any atom is -0.444 e. The maximum atomic E-state index is 13.5. The van der Waals surface area contributed by atoms with Crippen LogP contribution >= 0.6 is 0 Å². The number of nitrogens with zero attached hydrogens (tertiary/aromatic N) is 5. The average Bonchev–Trinajstić information content (AvgIpc) is 3.00. The molecule has 2 heterocycles. The van der Waals surface area contributed by atoms with Gasteiger partial charge in [0, 0.05) is 58.0 Å². The number of carbonyl (C=O) groups excluding carboxylic acids is 3. The molecule has 0 aliphatic carbocycles. The van der Waals surface area contributed by atoms with E-state index < -0.39 is 5.60 Å². The molecule has 1 aliphatic rings.